The third kappa shape index (κ3) is 5.45. The van der Waals surface area contributed by atoms with Crippen LogP contribution in [-0.2, 0) is 5.41 Å². The van der Waals surface area contributed by atoms with E-state index < -0.39 is 0 Å². The van der Waals surface area contributed by atoms with Crippen molar-refractivity contribution in [3.8, 4) is 5.88 Å². The Balaban J connectivity index is 3.09. The maximum atomic E-state index is 5.66. The lowest BCUT2D eigenvalue weighted by molar-refractivity contribution is 0.301. The van der Waals surface area contributed by atoms with E-state index in [1.807, 2.05) is 6.07 Å². The molecule has 0 aliphatic carbocycles. The van der Waals surface area contributed by atoms with E-state index in [0.717, 1.165) is 18.1 Å². The van der Waals surface area contributed by atoms with Crippen LogP contribution in [-0.4, -0.2) is 22.1 Å². The number of nitrogens with zero attached hydrogens (tertiary/aromatic N) is 2. The lowest BCUT2D eigenvalue weighted by Crippen LogP contribution is -2.28. The number of anilines is 1. The zero-order chi connectivity index (χ0) is 14.7. The first-order valence-corrected chi connectivity index (χ1v) is 6.92. The van der Waals surface area contributed by atoms with Gasteiger partial charge in [-0.1, -0.05) is 27.7 Å². The van der Waals surface area contributed by atoms with Gasteiger partial charge in [0.15, 0.2) is 0 Å². The van der Waals surface area contributed by atoms with Crippen molar-refractivity contribution < 1.29 is 4.74 Å². The van der Waals surface area contributed by atoms with E-state index in [2.05, 4.69) is 63.8 Å². The van der Waals surface area contributed by atoms with Crippen LogP contribution >= 0.6 is 0 Å². The first-order chi connectivity index (χ1) is 8.62. The monoisotopic (exact) mass is 265 g/mol. The summed E-state index contributed by atoms with van der Waals surface area (Å²) >= 11 is 0. The summed E-state index contributed by atoms with van der Waals surface area (Å²) in [4.78, 5) is 9.09. The minimum absolute atomic E-state index is 0.0362. The number of hydrogen-bond donors (Lipinski definition) is 1. The molecule has 0 aliphatic heterocycles. The first-order valence-electron chi connectivity index (χ1n) is 6.92. The Morgan fingerprint density at radius 2 is 1.74 bits per heavy atom. The molecule has 1 heterocycles. The highest BCUT2D eigenvalue weighted by Gasteiger charge is 2.21. The van der Waals surface area contributed by atoms with Crippen LogP contribution in [0.2, 0.25) is 0 Å². The van der Waals surface area contributed by atoms with Crippen molar-refractivity contribution in [1.82, 2.24) is 9.97 Å². The minimum Gasteiger partial charge on any atom is -0.478 e. The summed E-state index contributed by atoms with van der Waals surface area (Å²) in [7, 11) is 0. The average Bonchev–Trinajstić information content (AvgIpc) is 2.22. The summed E-state index contributed by atoms with van der Waals surface area (Å²) in [6.07, 6.45) is 0.969. The molecule has 0 atom stereocenters. The van der Waals surface area contributed by atoms with Gasteiger partial charge in [0.05, 0.1) is 6.61 Å². The van der Waals surface area contributed by atoms with Gasteiger partial charge >= 0.3 is 0 Å². The molecule has 0 saturated heterocycles. The largest absolute Gasteiger partial charge is 0.478 e. The molecule has 1 N–H and O–H groups in total. The van der Waals surface area contributed by atoms with Gasteiger partial charge in [0.1, 0.15) is 11.6 Å². The van der Waals surface area contributed by atoms with E-state index in [1.54, 1.807) is 0 Å². The Morgan fingerprint density at radius 1 is 1.11 bits per heavy atom. The molecule has 0 saturated carbocycles. The fourth-order valence-corrected chi connectivity index (χ4v) is 1.49. The molecule has 1 aromatic heterocycles. The number of rotatable bonds is 4. The quantitative estimate of drug-likeness (QED) is 0.900. The summed E-state index contributed by atoms with van der Waals surface area (Å²) < 4.78 is 5.66. The molecule has 108 valence electrons. The van der Waals surface area contributed by atoms with Crippen molar-refractivity contribution in [2.24, 2.45) is 0 Å². The molecular formula is C15H27N3O. The summed E-state index contributed by atoms with van der Waals surface area (Å²) in [5.41, 5.74) is -0.133. The Kier molecular flexibility index (Phi) is 4.77. The van der Waals surface area contributed by atoms with Crippen LogP contribution in [0.3, 0.4) is 0 Å². The van der Waals surface area contributed by atoms with E-state index in [0.29, 0.717) is 12.5 Å². The Labute approximate surface area is 117 Å². The highest BCUT2D eigenvalue weighted by molar-refractivity contribution is 5.41. The van der Waals surface area contributed by atoms with E-state index in [9.17, 15) is 0 Å². The van der Waals surface area contributed by atoms with Crippen molar-refractivity contribution >= 4 is 5.82 Å². The minimum atomic E-state index is -0.0973. The normalized spacial score (nSPS) is 12.4. The number of ether oxygens (including phenoxy) is 1. The Bertz CT molecular complexity index is 416. The van der Waals surface area contributed by atoms with Crippen molar-refractivity contribution in [1.29, 1.82) is 0 Å². The van der Waals surface area contributed by atoms with Crippen molar-refractivity contribution in [3.63, 3.8) is 0 Å². The van der Waals surface area contributed by atoms with Gasteiger partial charge in [0.25, 0.3) is 0 Å². The summed E-state index contributed by atoms with van der Waals surface area (Å²) in [5.74, 6) is 2.26. The van der Waals surface area contributed by atoms with Crippen LogP contribution in [0.5, 0.6) is 5.88 Å². The van der Waals surface area contributed by atoms with Crippen LogP contribution in [0.1, 0.15) is 60.7 Å². The number of aromatic nitrogens is 2. The van der Waals surface area contributed by atoms with Crippen molar-refractivity contribution in [2.45, 2.75) is 65.8 Å². The summed E-state index contributed by atoms with van der Waals surface area (Å²) in [6, 6.07) is 1.87. The molecule has 0 radical (unpaired) electrons. The second-order valence-corrected chi connectivity index (χ2v) is 6.89. The number of nitrogens with one attached hydrogen (secondary N) is 1. The van der Waals surface area contributed by atoms with Crippen molar-refractivity contribution in [2.75, 3.05) is 11.9 Å². The molecule has 19 heavy (non-hydrogen) atoms. The molecule has 0 aromatic carbocycles. The Hall–Kier alpha value is -1.32. The van der Waals surface area contributed by atoms with Gasteiger partial charge in [-0.05, 0) is 27.2 Å². The topological polar surface area (TPSA) is 47.0 Å². The molecule has 4 heteroatoms. The van der Waals surface area contributed by atoms with Gasteiger partial charge < -0.3 is 10.1 Å². The van der Waals surface area contributed by atoms with Crippen LogP contribution < -0.4 is 10.1 Å². The van der Waals surface area contributed by atoms with Crippen molar-refractivity contribution in [3.05, 3.63) is 11.9 Å². The lowest BCUT2D eigenvalue weighted by Gasteiger charge is -2.24. The van der Waals surface area contributed by atoms with Crippen LogP contribution in [0.25, 0.3) is 0 Å². The highest BCUT2D eigenvalue weighted by atomic mass is 16.5. The van der Waals surface area contributed by atoms with E-state index in [4.69, 9.17) is 4.74 Å². The van der Waals surface area contributed by atoms with Gasteiger partial charge in [-0.25, -0.2) is 4.98 Å². The van der Waals surface area contributed by atoms with E-state index in [1.165, 1.54) is 0 Å². The SMILES string of the molecule is CCCOc1cc(NC(C)(C)C)nc(C(C)(C)C)n1. The maximum absolute atomic E-state index is 5.66. The summed E-state index contributed by atoms with van der Waals surface area (Å²) in [5, 5.41) is 3.38. The lowest BCUT2D eigenvalue weighted by atomic mass is 9.96. The predicted molar refractivity (Wildman–Crippen MR) is 79.9 cm³/mol. The molecule has 1 rings (SSSR count). The molecule has 0 aliphatic rings. The molecule has 0 spiro atoms. The predicted octanol–water partition coefficient (Wildman–Crippen LogP) is 3.77. The third-order valence-electron chi connectivity index (χ3n) is 2.33. The average molecular weight is 265 g/mol. The smallest absolute Gasteiger partial charge is 0.218 e. The molecule has 0 unspecified atom stereocenters. The fourth-order valence-electron chi connectivity index (χ4n) is 1.49. The molecule has 1 aromatic rings. The fraction of sp³-hybridized carbons (Fsp3) is 0.733. The maximum Gasteiger partial charge on any atom is 0.218 e. The molecule has 4 nitrogen and oxygen atoms in total. The third-order valence-corrected chi connectivity index (χ3v) is 2.33. The number of hydrogen-bond acceptors (Lipinski definition) is 4. The second kappa shape index (κ2) is 5.76. The Morgan fingerprint density at radius 3 is 2.21 bits per heavy atom. The van der Waals surface area contributed by atoms with Gasteiger partial charge in [0, 0.05) is 17.0 Å². The summed E-state index contributed by atoms with van der Waals surface area (Å²) in [6.45, 7) is 15.4. The van der Waals surface area contributed by atoms with Gasteiger partial charge in [-0.3, -0.25) is 0 Å². The zero-order valence-electron chi connectivity index (χ0n) is 13.3. The molecular weight excluding hydrogens is 238 g/mol. The van der Waals surface area contributed by atoms with E-state index in [-0.39, 0.29) is 11.0 Å². The van der Waals surface area contributed by atoms with Crippen LogP contribution in [0.15, 0.2) is 6.07 Å². The zero-order valence-corrected chi connectivity index (χ0v) is 13.3. The standard InChI is InChI=1S/C15H27N3O/c1-8-9-19-12-10-11(18-15(5,6)7)16-13(17-12)14(2,3)4/h10H,8-9H2,1-7H3,(H,16,17,18). The highest BCUT2D eigenvalue weighted by Crippen LogP contribution is 2.24. The van der Waals surface area contributed by atoms with Crippen LogP contribution in [0, 0.1) is 0 Å². The van der Waals surface area contributed by atoms with Gasteiger partial charge in [-0.15, -0.1) is 0 Å². The molecule has 0 amide bonds. The first kappa shape index (κ1) is 15.7. The van der Waals surface area contributed by atoms with E-state index >= 15 is 0 Å². The molecule has 0 bridgehead atoms. The van der Waals surface area contributed by atoms with Gasteiger partial charge in [0.2, 0.25) is 5.88 Å². The van der Waals surface area contributed by atoms with Crippen LogP contribution in [0.4, 0.5) is 5.82 Å². The van der Waals surface area contributed by atoms with Gasteiger partial charge in [-0.2, -0.15) is 4.98 Å². The molecule has 0 fully saturated rings. The second-order valence-electron chi connectivity index (χ2n) is 6.89.